The van der Waals surface area contributed by atoms with Gasteiger partial charge in [-0.1, -0.05) is 36.1 Å². The number of benzene rings is 3. The molecule has 0 aliphatic heterocycles. The molecule has 0 aromatic heterocycles. The fourth-order valence-electron chi connectivity index (χ4n) is 2.53. The van der Waals surface area contributed by atoms with Gasteiger partial charge in [-0.05, 0) is 54.6 Å². The number of anilines is 1. The third-order valence-electron chi connectivity index (χ3n) is 4.14. The Labute approximate surface area is 171 Å². The molecular formula is C23H20N2O3S. The van der Waals surface area contributed by atoms with Crippen molar-refractivity contribution in [1.29, 1.82) is 0 Å². The highest BCUT2D eigenvalue weighted by molar-refractivity contribution is 7.89. The third kappa shape index (κ3) is 5.11. The summed E-state index contributed by atoms with van der Waals surface area (Å²) >= 11 is 0. The molecule has 0 atom stereocenters. The lowest BCUT2D eigenvalue weighted by Gasteiger charge is -2.11. The fourth-order valence-corrected chi connectivity index (χ4v) is 3.43. The summed E-state index contributed by atoms with van der Waals surface area (Å²) in [6.07, 6.45) is 0. The molecule has 0 aliphatic carbocycles. The van der Waals surface area contributed by atoms with Crippen molar-refractivity contribution in [2.45, 2.75) is 4.90 Å². The van der Waals surface area contributed by atoms with E-state index in [0.717, 1.165) is 15.4 Å². The third-order valence-corrected chi connectivity index (χ3v) is 5.97. The van der Waals surface area contributed by atoms with Crippen molar-refractivity contribution in [1.82, 2.24) is 4.31 Å². The monoisotopic (exact) mass is 404 g/mol. The van der Waals surface area contributed by atoms with Crippen molar-refractivity contribution in [3.05, 3.63) is 95.6 Å². The number of amides is 1. The summed E-state index contributed by atoms with van der Waals surface area (Å²) in [6, 6.07) is 22.7. The van der Waals surface area contributed by atoms with Gasteiger partial charge >= 0.3 is 0 Å². The zero-order chi connectivity index (χ0) is 20.9. The number of hydrogen-bond donors (Lipinski definition) is 1. The average Bonchev–Trinajstić information content (AvgIpc) is 2.73. The van der Waals surface area contributed by atoms with Crippen LogP contribution in [0.4, 0.5) is 5.69 Å². The van der Waals surface area contributed by atoms with E-state index < -0.39 is 10.0 Å². The fraction of sp³-hybridized carbons (Fsp3) is 0.0870. The zero-order valence-electron chi connectivity index (χ0n) is 16.1. The highest BCUT2D eigenvalue weighted by Gasteiger charge is 2.17. The van der Waals surface area contributed by atoms with E-state index in [1.165, 1.54) is 38.4 Å². The van der Waals surface area contributed by atoms with Crippen molar-refractivity contribution in [3.63, 3.8) is 0 Å². The van der Waals surface area contributed by atoms with Gasteiger partial charge < -0.3 is 5.32 Å². The quantitative estimate of drug-likeness (QED) is 0.676. The van der Waals surface area contributed by atoms with Crippen LogP contribution in [-0.4, -0.2) is 32.7 Å². The molecule has 146 valence electrons. The maximum atomic E-state index is 12.5. The van der Waals surface area contributed by atoms with Gasteiger partial charge in [0.1, 0.15) is 0 Å². The van der Waals surface area contributed by atoms with E-state index in [-0.39, 0.29) is 10.8 Å². The molecule has 6 heteroatoms. The van der Waals surface area contributed by atoms with Crippen molar-refractivity contribution >= 4 is 21.6 Å². The molecule has 0 fully saturated rings. The first-order valence-electron chi connectivity index (χ1n) is 8.87. The SMILES string of the molecule is CN(C)S(=O)(=O)c1ccc(C(=O)Nc2cccc(C#Cc3ccccc3)c2)cc1. The number of sulfonamides is 1. The first-order chi connectivity index (χ1) is 13.9. The van der Waals surface area contributed by atoms with Crippen LogP contribution in [0.2, 0.25) is 0 Å². The van der Waals surface area contributed by atoms with E-state index in [0.29, 0.717) is 11.3 Å². The second-order valence-corrected chi connectivity index (χ2v) is 8.61. The molecular weight excluding hydrogens is 384 g/mol. The lowest BCUT2D eigenvalue weighted by Crippen LogP contribution is -2.22. The minimum atomic E-state index is -3.53. The van der Waals surface area contributed by atoms with Crippen molar-refractivity contribution < 1.29 is 13.2 Å². The Morgan fingerprint density at radius 2 is 1.45 bits per heavy atom. The standard InChI is InChI=1S/C23H20N2O3S/c1-25(2)29(27,28)22-15-13-20(14-16-22)23(26)24-21-10-6-9-19(17-21)12-11-18-7-4-3-5-8-18/h3-10,13-17H,1-2H3,(H,24,26). The van der Waals surface area contributed by atoms with Crippen LogP contribution in [0, 0.1) is 11.8 Å². The van der Waals surface area contributed by atoms with Crippen molar-refractivity contribution in [3.8, 4) is 11.8 Å². The predicted octanol–water partition coefficient (Wildman–Crippen LogP) is 3.59. The molecule has 0 spiro atoms. The molecule has 5 nitrogen and oxygen atoms in total. The predicted molar refractivity (Wildman–Crippen MR) is 114 cm³/mol. The lowest BCUT2D eigenvalue weighted by atomic mass is 10.1. The molecule has 0 saturated heterocycles. The van der Waals surface area contributed by atoms with Gasteiger partial charge in [-0.2, -0.15) is 0 Å². The largest absolute Gasteiger partial charge is 0.322 e. The summed E-state index contributed by atoms with van der Waals surface area (Å²) < 4.78 is 25.4. The minimum Gasteiger partial charge on any atom is -0.322 e. The first kappa shape index (κ1) is 20.3. The van der Waals surface area contributed by atoms with Gasteiger partial charge in [-0.25, -0.2) is 12.7 Å². The molecule has 0 bridgehead atoms. The summed E-state index contributed by atoms with van der Waals surface area (Å²) in [5, 5.41) is 2.81. The Bertz CT molecular complexity index is 1170. The number of carbonyl (C=O) groups is 1. The Morgan fingerprint density at radius 1 is 0.828 bits per heavy atom. The maximum absolute atomic E-state index is 12.5. The molecule has 0 aliphatic rings. The Balaban J connectivity index is 1.74. The summed E-state index contributed by atoms with van der Waals surface area (Å²) in [5.41, 5.74) is 2.66. The van der Waals surface area contributed by atoms with Crippen LogP contribution in [0.3, 0.4) is 0 Å². The van der Waals surface area contributed by atoms with Gasteiger partial charge in [0.25, 0.3) is 5.91 Å². The summed E-state index contributed by atoms with van der Waals surface area (Å²) in [5.74, 6) is 5.83. The van der Waals surface area contributed by atoms with E-state index in [1.807, 2.05) is 42.5 Å². The van der Waals surface area contributed by atoms with Crippen LogP contribution >= 0.6 is 0 Å². The highest BCUT2D eigenvalue weighted by atomic mass is 32.2. The molecule has 3 aromatic rings. The van der Waals surface area contributed by atoms with Gasteiger partial charge in [0, 0.05) is 36.5 Å². The maximum Gasteiger partial charge on any atom is 0.255 e. The van der Waals surface area contributed by atoms with E-state index >= 15 is 0 Å². The van der Waals surface area contributed by atoms with Crippen LogP contribution < -0.4 is 5.32 Å². The van der Waals surface area contributed by atoms with Crippen molar-refractivity contribution in [2.75, 3.05) is 19.4 Å². The number of nitrogens with zero attached hydrogens (tertiary/aromatic N) is 1. The van der Waals surface area contributed by atoms with Crippen LogP contribution in [0.1, 0.15) is 21.5 Å². The number of rotatable bonds is 4. The molecule has 3 rings (SSSR count). The van der Waals surface area contributed by atoms with Gasteiger partial charge in [0.05, 0.1) is 4.90 Å². The molecule has 0 heterocycles. The topological polar surface area (TPSA) is 66.5 Å². The Hall–Kier alpha value is -3.40. The van der Waals surface area contributed by atoms with Gasteiger partial charge in [0.15, 0.2) is 0 Å². The molecule has 0 unspecified atom stereocenters. The molecule has 0 radical (unpaired) electrons. The second kappa shape index (κ2) is 8.74. The molecule has 3 aromatic carbocycles. The number of nitrogens with one attached hydrogen (secondary N) is 1. The second-order valence-electron chi connectivity index (χ2n) is 6.46. The number of hydrogen-bond acceptors (Lipinski definition) is 3. The molecule has 29 heavy (non-hydrogen) atoms. The Morgan fingerprint density at radius 3 is 2.10 bits per heavy atom. The molecule has 0 saturated carbocycles. The van der Waals surface area contributed by atoms with Crippen molar-refractivity contribution in [2.24, 2.45) is 0 Å². The molecule has 1 N–H and O–H groups in total. The van der Waals surface area contributed by atoms with Crippen LogP contribution in [-0.2, 0) is 10.0 Å². The lowest BCUT2D eigenvalue weighted by molar-refractivity contribution is 0.102. The van der Waals surface area contributed by atoms with Crippen LogP contribution in [0.25, 0.3) is 0 Å². The smallest absolute Gasteiger partial charge is 0.255 e. The zero-order valence-corrected chi connectivity index (χ0v) is 16.9. The van der Waals surface area contributed by atoms with Gasteiger partial charge in [0.2, 0.25) is 10.0 Å². The van der Waals surface area contributed by atoms with E-state index in [9.17, 15) is 13.2 Å². The van der Waals surface area contributed by atoms with E-state index in [4.69, 9.17) is 0 Å². The minimum absolute atomic E-state index is 0.136. The Kier molecular flexibility index (Phi) is 6.13. The molecule has 1 amide bonds. The van der Waals surface area contributed by atoms with E-state index in [1.54, 1.807) is 12.1 Å². The highest BCUT2D eigenvalue weighted by Crippen LogP contribution is 2.16. The summed E-state index contributed by atoms with van der Waals surface area (Å²) in [6.45, 7) is 0. The van der Waals surface area contributed by atoms with E-state index in [2.05, 4.69) is 17.2 Å². The van der Waals surface area contributed by atoms with Crippen LogP contribution in [0.5, 0.6) is 0 Å². The first-order valence-corrected chi connectivity index (χ1v) is 10.3. The summed E-state index contributed by atoms with van der Waals surface area (Å²) in [7, 11) is -0.603. The van der Waals surface area contributed by atoms with Gasteiger partial charge in [-0.15, -0.1) is 0 Å². The summed E-state index contributed by atoms with van der Waals surface area (Å²) in [4.78, 5) is 12.6. The normalized spacial score (nSPS) is 10.9. The van der Waals surface area contributed by atoms with Gasteiger partial charge in [-0.3, -0.25) is 4.79 Å². The number of carbonyl (C=O) groups excluding carboxylic acids is 1. The average molecular weight is 404 g/mol. The van der Waals surface area contributed by atoms with Crippen LogP contribution in [0.15, 0.2) is 83.8 Å².